The number of piperidine rings is 1. The van der Waals surface area contributed by atoms with Crippen LogP contribution in [0.15, 0.2) is 5.38 Å². The second-order valence-electron chi connectivity index (χ2n) is 4.37. The van der Waals surface area contributed by atoms with Crippen molar-refractivity contribution in [3.8, 4) is 0 Å². The number of aliphatic hydroxyl groups is 1. The van der Waals surface area contributed by atoms with Crippen molar-refractivity contribution in [3.63, 3.8) is 0 Å². The predicted molar refractivity (Wildman–Crippen MR) is 61.7 cm³/mol. The fraction of sp³-hybridized carbons (Fsp3) is 0.700. The first-order valence-electron chi connectivity index (χ1n) is 5.31. The van der Waals surface area contributed by atoms with Crippen molar-refractivity contribution >= 4 is 28.1 Å². The Morgan fingerprint density at radius 3 is 2.60 bits per heavy atom. The topological polar surface area (TPSA) is 36.4 Å². The van der Waals surface area contributed by atoms with Crippen LogP contribution in [-0.2, 0) is 0 Å². The number of fused-ring (bicyclic) bond motifs is 2. The van der Waals surface area contributed by atoms with Gasteiger partial charge >= 0.3 is 0 Å². The van der Waals surface area contributed by atoms with Gasteiger partial charge in [-0.2, -0.15) is 0 Å². The Morgan fingerprint density at radius 2 is 2.07 bits per heavy atom. The molecule has 5 heteroatoms. The highest BCUT2D eigenvalue weighted by atomic mass is 35.5. The van der Waals surface area contributed by atoms with E-state index < -0.39 is 0 Å². The molecule has 1 aromatic heterocycles. The highest BCUT2D eigenvalue weighted by Gasteiger charge is 2.41. The van der Waals surface area contributed by atoms with E-state index >= 15 is 0 Å². The summed E-state index contributed by atoms with van der Waals surface area (Å²) in [5, 5.41) is 13.2. The second-order valence-corrected chi connectivity index (χ2v) is 5.59. The van der Waals surface area contributed by atoms with Crippen molar-refractivity contribution < 1.29 is 5.11 Å². The molecule has 3 rings (SSSR count). The summed E-state index contributed by atoms with van der Waals surface area (Å²) in [6, 6.07) is 0.946. The predicted octanol–water partition coefficient (Wildman–Crippen LogP) is 2.29. The summed E-state index contributed by atoms with van der Waals surface area (Å²) in [7, 11) is 0. The molecule has 3 nitrogen and oxygen atoms in total. The van der Waals surface area contributed by atoms with Crippen LogP contribution in [0.3, 0.4) is 0 Å². The zero-order valence-corrected chi connectivity index (χ0v) is 9.84. The molecule has 0 saturated carbocycles. The fourth-order valence-corrected chi connectivity index (χ4v) is 3.91. The lowest BCUT2D eigenvalue weighted by atomic mass is 10.0. The van der Waals surface area contributed by atoms with Crippen LogP contribution in [0.2, 0.25) is 5.15 Å². The lowest BCUT2D eigenvalue weighted by molar-refractivity contribution is 0.126. The van der Waals surface area contributed by atoms with Gasteiger partial charge in [-0.15, -0.1) is 11.3 Å². The number of hydrogen-bond acceptors (Lipinski definition) is 4. The Bertz CT molecular complexity index is 356. The Kier molecular flexibility index (Phi) is 2.38. The zero-order valence-electron chi connectivity index (χ0n) is 8.27. The molecule has 1 N–H and O–H groups in total. The third-order valence-electron chi connectivity index (χ3n) is 3.39. The monoisotopic (exact) mass is 244 g/mol. The molecule has 2 saturated heterocycles. The molecule has 2 aliphatic heterocycles. The third kappa shape index (κ3) is 1.65. The molecule has 0 aromatic carbocycles. The van der Waals surface area contributed by atoms with E-state index in [9.17, 15) is 5.11 Å². The van der Waals surface area contributed by atoms with Crippen molar-refractivity contribution in [2.75, 3.05) is 4.90 Å². The molecular formula is C10H13ClN2OS. The van der Waals surface area contributed by atoms with Crippen LogP contribution in [0.1, 0.15) is 25.7 Å². The van der Waals surface area contributed by atoms with Crippen LogP contribution in [0.25, 0.3) is 0 Å². The van der Waals surface area contributed by atoms with Gasteiger partial charge in [-0.1, -0.05) is 11.6 Å². The molecule has 3 heterocycles. The Balaban J connectivity index is 1.88. The van der Waals surface area contributed by atoms with Gasteiger partial charge in [0.1, 0.15) is 5.15 Å². The molecule has 1 aromatic rings. The average molecular weight is 245 g/mol. The summed E-state index contributed by atoms with van der Waals surface area (Å²) in [5.74, 6) is 0. The van der Waals surface area contributed by atoms with Crippen molar-refractivity contribution in [1.29, 1.82) is 0 Å². The summed E-state index contributed by atoms with van der Waals surface area (Å²) < 4.78 is 0. The number of rotatable bonds is 1. The Labute approximate surface area is 97.7 Å². The quantitative estimate of drug-likeness (QED) is 0.824. The molecule has 2 unspecified atom stereocenters. The first-order chi connectivity index (χ1) is 7.24. The number of nitrogens with zero attached hydrogens (tertiary/aromatic N) is 2. The SMILES string of the molecule is OC1CC2CCC(C1)N2c1nc(Cl)cs1. The van der Waals surface area contributed by atoms with Crippen LogP contribution in [0, 0.1) is 0 Å². The lowest BCUT2D eigenvalue weighted by Crippen LogP contribution is -2.44. The maximum atomic E-state index is 9.69. The minimum Gasteiger partial charge on any atom is -0.393 e. The van der Waals surface area contributed by atoms with E-state index in [2.05, 4.69) is 9.88 Å². The molecule has 0 radical (unpaired) electrons. The normalized spacial score (nSPS) is 34.8. The van der Waals surface area contributed by atoms with Crippen LogP contribution in [0.4, 0.5) is 5.13 Å². The van der Waals surface area contributed by atoms with Crippen molar-refractivity contribution in [3.05, 3.63) is 10.5 Å². The van der Waals surface area contributed by atoms with E-state index in [1.165, 1.54) is 12.8 Å². The van der Waals surface area contributed by atoms with Gasteiger partial charge in [0.2, 0.25) is 0 Å². The minimum atomic E-state index is -0.116. The number of hydrogen-bond donors (Lipinski definition) is 1. The van der Waals surface area contributed by atoms with Gasteiger partial charge < -0.3 is 10.0 Å². The molecule has 0 spiro atoms. The van der Waals surface area contributed by atoms with E-state index in [1.807, 2.05) is 5.38 Å². The van der Waals surface area contributed by atoms with Gasteiger partial charge in [0, 0.05) is 17.5 Å². The van der Waals surface area contributed by atoms with Gasteiger partial charge in [-0.05, 0) is 25.7 Å². The lowest BCUT2D eigenvalue weighted by Gasteiger charge is -2.36. The van der Waals surface area contributed by atoms with Gasteiger partial charge in [0.25, 0.3) is 0 Å². The van der Waals surface area contributed by atoms with Gasteiger partial charge in [0.05, 0.1) is 6.10 Å². The Hall–Kier alpha value is -0.320. The van der Waals surface area contributed by atoms with E-state index in [1.54, 1.807) is 11.3 Å². The minimum absolute atomic E-state index is 0.116. The molecule has 0 amide bonds. The third-order valence-corrected chi connectivity index (χ3v) is 4.57. The summed E-state index contributed by atoms with van der Waals surface area (Å²) in [4.78, 5) is 6.69. The largest absolute Gasteiger partial charge is 0.393 e. The van der Waals surface area contributed by atoms with Gasteiger partial charge in [-0.25, -0.2) is 4.98 Å². The molecule has 82 valence electrons. The Morgan fingerprint density at radius 1 is 1.40 bits per heavy atom. The summed E-state index contributed by atoms with van der Waals surface area (Å²) in [5.41, 5.74) is 0. The van der Waals surface area contributed by atoms with Crippen molar-refractivity contribution in [2.24, 2.45) is 0 Å². The first kappa shape index (κ1) is 9.87. The maximum absolute atomic E-state index is 9.69. The molecule has 0 aliphatic carbocycles. The molecule has 2 atom stereocenters. The van der Waals surface area contributed by atoms with Crippen LogP contribution >= 0.6 is 22.9 Å². The molecular weight excluding hydrogens is 232 g/mol. The number of thiazole rings is 1. The first-order valence-corrected chi connectivity index (χ1v) is 6.57. The number of aliphatic hydroxyl groups excluding tert-OH is 1. The van der Waals surface area contributed by atoms with Crippen LogP contribution in [0.5, 0.6) is 0 Å². The van der Waals surface area contributed by atoms with Crippen LogP contribution in [-0.4, -0.2) is 28.3 Å². The van der Waals surface area contributed by atoms with E-state index in [0.29, 0.717) is 17.2 Å². The average Bonchev–Trinajstić information content (AvgIpc) is 2.69. The molecule has 15 heavy (non-hydrogen) atoms. The highest BCUT2D eigenvalue weighted by Crippen LogP contribution is 2.40. The number of aromatic nitrogens is 1. The summed E-state index contributed by atoms with van der Waals surface area (Å²) in [6.45, 7) is 0. The summed E-state index contributed by atoms with van der Waals surface area (Å²) >= 11 is 7.45. The molecule has 2 aliphatic rings. The fourth-order valence-electron chi connectivity index (χ4n) is 2.82. The van der Waals surface area contributed by atoms with E-state index in [0.717, 1.165) is 18.0 Å². The zero-order chi connectivity index (χ0) is 10.4. The second kappa shape index (κ2) is 3.61. The number of anilines is 1. The molecule has 2 bridgehead atoms. The standard InChI is InChI=1S/C10H13ClN2OS/c11-9-5-15-10(12-9)13-6-1-2-7(13)4-8(14)3-6/h5-8,14H,1-4H2. The van der Waals surface area contributed by atoms with E-state index in [-0.39, 0.29) is 6.10 Å². The van der Waals surface area contributed by atoms with Gasteiger partial charge in [-0.3, -0.25) is 0 Å². The smallest absolute Gasteiger partial charge is 0.187 e. The summed E-state index contributed by atoms with van der Waals surface area (Å²) in [6.07, 6.45) is 4.01. The van der Waals surface area contributed by atoms with Crippen LogP contribution < -0.4 is 4.90 Å². The van der Waals surface area contributed by atoms with E-state index in [4.69, 9.17) is 11.6 Å². The van der Waals surface area contributed by atoms with Crippen molar-refractivity contribution in [1.82, 2.24) is 4.98 Å². The molecule has 2 fully saturated rings. The van der Waals surface area contributed by atoms with Gasteiger partial charge in [0.15, 0.2) is 5.13 Å². The van der Waals surface area contributed by atoms with Crippen molar-refractivity contribution in [2.45, 2.75) is 43.9 Å². The maximum Gasteiger partial charge on any atom is 0.187 e. The number of halogens is 1. The highest BCUT2D eigenvalue weighted by molar-refractivity contribution is 7.14.